The van der Waals surface area contributed by atoms with Gasteiger partial charge in [0.25, 0.3) is 5.91 Å². The van der Waals surface area contributed by atoms with Crippen molar-refractivity contribution in [1.82, 2.24) is 10.2 Å². The molecule has 1 aliphatic rings. The topological polar surface area (TPSA) is 49.4 Å². The first kappa shape index (κ1) is 30.5. The van der Waals surface area contributed by atoms with Crippen LogP contribution in [-0.2, 0) is 23.6 Å². The highest BCUT2D eigenvalue weighted by Gasteiger charge is 2.38. The molecule has 11 heteroatoms. The Balaban J connectivity index is 1.96. The number of halogens is 7. The molecule has 212 valence electrons. The number of rotatable bonds is 7. The van der Waals surface area contributed by atoms with Crippen molar-refractivity contribution in [2.45, 2.75) is 69.9 Å². The molecule has 0 aromatic heterocycles. The molecule has 0 aliphatic heterocycles. The van der Waals surface area contributed by atoms with Gasteiger partial charge in [-0.05, 0) is 67.7 Å². The van der Waals surface area contributed by atoms with Gasteiger partial charge in [-0.2, -0.15) is 26.3 Å². The van der Waals surface area contributed by atoms with Crippen molar-refractivity contribution in [3.63, 3.8) is 0 Å². The molecule has 4 nitrogen and oxygen atoms in total. The van der Waals surface area contributed by atoms with Gasteiger partial charge in [-0.1, -0.05) is 43.0 Å². The summed E-state index contributed by atoms with van der Waals surface area (Å²) >= 11 is 5.96. The number of carbonyl (C=O) groups excluding carboxylic acids is 2. The van der Waals surface area contributed by atoms with Gasteiger partial charge in [0.05, 0.1) is 17.2 Å². The van der Waals surface area contributed by atoms with Gasteiger partial charge in [-0.25, -0.2) is 0 Å². The molecule has 0 bridgehead atoms. The molecule has 1 saturated carbocycles. The van der Waals surface area contributed by atoms with Crippen LogP contribution < -0.4 is 5.32 Å². The second-order valence-corrected chi connectivity index (χ2v) is 10.2. The fourth-order valence-corrected chi connectivity index (χ4v) is 4.79. The Morgan fingerprint density at radius 1 is 0.974 bits per heavy atom. The van der Waals surface area contributed by atoms with Crippen LogP contribution in [-0.4, -0.2) is 35.8 Å². The molecule has 2 aromatic rings. The predicted octanol–water partition coefficient (Wildman–Crippen LogP) is 7.46. The summed E-state index contributed by atoms with van der Waals surface area (Å²) in [6, 6.07) is 6.58. The van der Waals surface area contributed by atoms with Crippen molar-refractivity contribution in [2.24, 2.45) is 0 Å². The van der Waals surface area contributed by atoms with Gasteiger partial charge in [-0.3, -0.25) is 9.59 Å². The Hall–Kier alpha value is -3.01. The van der Waals surface area contributed by atoms with Crippen molar-refractivity contribution < 1.29 is 35.9 Å². The van der Waals surface area contributed by atoms with E-state index in [0.29, 0.717) is 28.3 Å². The standard InChI is InChI=1S/C28H29ClF6N2O2/c1-17(12-25(38)36-23-6-4-3-5-7-23)24(13-18-8-10-22(29)11-9-18)37(2)26(39)19-14-20(27(30,31)32)16-21(15-19)28(33,34)35/h8-12,14-16,23-24H,3-7,13H2,1-2H3,(H,36,38)/b17-12+/t24-/m1/s1. The van der Waals surface area contributed by atoms with Crippen molar-refractivity contribution >= 4 is 23.4 Å². The van der Waals surface area contributed by atoms with Crippen LogP contribution in [0.4, 0.5) is 26.3 Å². The monoisotopic (exact) mass is 574 g/mol. The number of hydrogen-bond donors (Lipinski definition) is 1. The van der Waals surface area contributed by atoms with Gasteiger partial charge in [0, 0.05) is 29.8 Å². The first-order chi connectivity index (χ1) is 18.1. The summed E-state index contributed by atoms with van der Waals surface area (Å²) < 4.78 is 80.3. The molecule has 0 heterocycles. The minimum Gasteiger partial charge on any atom is -0.350 e. The van der Waals surface area contributed by atoms with E-state index in [4.69, 9.17) is 11.6 Å². The van der Waals surface area contributed by atoms with Crippen LogP contribution in [0.25, 0.3) is 0 Å². The number of alkyl halides is 6. The van der Waals surface area contributed by atoms with Gasteiger partial charge in [0.1, 0.15) is 0 Å². The van der Waals surface area contributed by atoms with E-state index in [0.717, 1.165) is 37.0 Å². The average Bonchev–Trinajstić information content (AvgIpc) is 2.86. The summed E-state index contributed by atoms with van der Waals surface area (Å²) in [5.41, 5.74) is -2.81. The number of nitrogens with zero attached hydrogens (tertiary/aromatic N) is 1. The Bertz CT molecular complexity index is 1170. The van der Waals surface area contributed by atoms with E-state index in [1.165, 1.54) is 13.1 Å². The highest BCUT2D eigenvalue weighted by molar-refractivity contribution is 6.30. The van der Waals surface area contributed by atoms with Crippen molar-refractivity contribution in [3.05, 3.63) is 81.4 Å². The van der Waals surface area contributed by atoms with Crippen LogP contribution >= 0.6 is 11.6 Å². The molecule has 1 fully saturated rings. The van der Waals surface area contributed by atoms with Crippen LogP contribution in [0.2, 0.25) is 5.02 Å². The molecule has 2 amide bonds. The SMILES string of the molecule is C/C(=C\C(=O)NC1CCCCC1)[C@@H](Cc1ccc(Cl)cc1)N(C)C(=O)c1cc(C(F)(F)F)cc(C(F)(F)F)c1. The third kappa shape index (κ3) is 8.49. The number of likely N-dealkylation sites (N-methyl/N-ethyl adjacent to an activating group) is 1. The highest BCUT2D eigenvalue weighted by atomic mass is 35.5. The highest BCUT2D eigenvalue weighted by Crippen LogP contribution is 2.36. The quantitative estimate of drug-likeness (QED) is 0.276. The molecular formula is C28H29ClF6N2O2. The van der Waals surface area contributed by atoms with E-state index in [2.05, 4.69) is 5.32 Å². The molecule has 1 aliphatic carbocycles. The van der Waals surface area contributed by atoms with Crippen LogP contribution in [0.5, 0.6) is 0 Å². The maximum absolute atomic E-state index is 13.4. The van der Waals surface area contributed by atoms with Gasteiger partial charge < -0.3 is 10.2 Å². The van der Waals surface area contributed by atoms with Gasteiger partial charge >= 0.3 is 12.4 Å². The first-order valence-corrected chi connectivity index (χ1v) is 12.8. The molecular weight excluding hydrogens is 546 g/mol. The summed E-state index contributed by atoms with van der Waals surface area (Å²) in [6.07, 6.45) is -3.92. The van der Waals surface area contributed by atoms with Crippen molar-refractivity contribution in [2.75, 3.05) is 7.05 Å². The lowest BCUT2D eigenvalue weighted by Gasteiger charge is -2.30. The molecule has 0 unspecified atom stereocenters. The number of carbonyl (C=O) groups is 2. The van der Waals surface area contributed by atoms with Gasteiger partial charge in [0.15, 0.2) is 0 Å². The zero-order valence-corrected chi connectivity index (χ0v) is 22.2. The van der Waals surface area contributed by atoms with Crippen LogP contribution in [0, 0.1) is 0 Å². The zero-order valence-electron chi connectivity index (χ0n) is 21.4. The molecule has 1 atom stereocenters. The fraction of sp³-hybridized carbons (Fsp3) is 0.429. The normalized spacial score (nSPS) is 16.1. The third-order valence-corrected chi connectivity index (χ3v) is 7.05. The Kier molecular flexibility index (Phi) is 9.74. The van der Waals surface area contributed by atoms with Crippen LogP contribution in [0.3, 0.4) is 0 Å². The first-order valence-electron chi connectivity index (χ1n) is 12.4. The van der Waals surface area contributed by atoms with Crippen molar-refractivity contribution in [1.29, 1.82) is 0 Å². The lowest BCUT2D eigenvalue weighted by atomic mass is 9.95. The smallest absolute Gasteiger partial charge is 0.350 e. The average molecular weight is 575 g/mol. The lowest BCUT2D eigenvalue weighted by molar-refractivity contribution is -0.143. The van der Waals surface area contributed by atoms with Crippen molar-refractivity contribution in [3.8, 4) is 0 Å². The minimum absolute atomic E-state index is 0.0234. The summed E-state index contributed by atoms with van der Waals surface area (Å²) in [5.74, 6) is -1.43. The van der Waals surface area contributed by atoms with Crippen LogP contribution in [0.15, 0.2) is 54.1 Å². The minimum atomic E-state index is -5.09. The molecule has 0 saturated heterocycles. The summed E-state index contributed by atoms with van der Waals surface area (Å²) in [4.78, 5) is 27.1. The maximum atomic E-state index is 13.4. The third-order valence-electron chi connectivity index (χ3n) is 6.80. The molecule has 39 heavy (non-hydrogen) atoms. The number of amides is 2. The lowest BCUT2D eigenvalue weighted by Crippen LogP contribution is -2.41. The maximum Gasteiger partial charge on any atom is 0.416 e. The van der Waals surface area contributed by atoms with E-state index in [9.17, 15) is 35.9 Å². The zero-order chi connectivity index (χ0) is 29.0. The summed E-state index contributed by atoms with van der Waals surface area (Å²) in [6.45, 7) is 1.60. The molecule has 2 aromatic carbocycles. The summed E-state index contributed by atoms with van der Waals surface area (Å²) in [7, 11) is 1.28. The van der Waals surface area contributed by atoms with E-state index in [1.54, 1.807) is 31.2 Å². The van der Waals surface area contributed by atoms with E-state index < -0.39 is 41.0 Å². The van der Waals surface area contributed by atoms with Gasteiger partial charge in [0.2, 0.25) is 5.91 Å². The summed E-state index contributed by atoms with van der Waals surface area (Å²) in [5, 5.41) is 3.40. The van der Waals surface area contributed by atoms with E-state index >= 15 is 0 Å². The molecule has 1 N–H and O–H groups in total. The molecule has 0 radical (unpaired) electrons. The Labute approximate surface area is 228 Å². The van der Waals surface area contributed by atoms with Crippen LogP contribution in [0.1, 0.15) is 66.1 Å². The molecule has 3 rings (SSSR count). The second-order valence-electron chi connectivity index (χ2n) is 9.79. The Morgan fingerprint density at radius 3 is 2.03 bits per heavy atom. The second kappa shape index (κ2) is 12.4. The predicted molar refractivity (Wildman–Crippen MR) is 136 cm³/mol. The molecule has 0 spiro atoms. The largest absolute Gasteiger partial charge is 0.416 e. The van der Waals surface area contributed by atoms with Gasteiger partial charge in [-0.15, -0.1) is 0 Å². The number of hydrogen-bond acceptors (Lipinski definition) is 2. The van der Waals surface area contributed by atoms with E-state index in [-0.39, 0.29) is 24.4 Å². The van der Waals surface area contributed by atoms with E-state index in [1.807, 2.05) is 0 Å². The number of nitrogens with one attached hydrogen (secondary N) is 1. The Morgan fingerprint density at radius 2 is 1.51 bits per heavy atom. The fourth-order valence-electron chi connectivity index (χ4n) is 4.66. The number of benzene rings is 2.